The molecular weight excluding hydrogens is 366 g/mol. The number of likely N-dealkylation sites (tertiary alicyclic amines) is 1. The smallest absolute Gasteiger partial charge is 0.254 e. The van der Waals surface area contributed by atoms with Crippen molar-refractivity contribution in [3.05, 3.63) is 36.0 Å². The summed E-state index contributed by atoms with van der Waals surface area (Å²) in [6.07, 6.45) is 5.96. The monoisotopic (exact) mass is 395 g/mol. The molecule has 3 saturated heterocycles. The predicted molar refractivity (Wildman–Crippen MR) is 111 cm³/mol. The van der Waals surface area contributed by atoms with Crippen LogP contribution in [0.25, 0.3) is 10.9 Å². The molecule has 1 aromatic heterocycles. The molecule has 29 heavy (non-hydrogen) atoms. The van der Waals surface area contributed by atoms with Crippen LogP contribution in [0.15, 0.2) is 30.5 Å². The lowest BCUT2D eigenvalue weighted by atomic mass is 9.76. The minimum atomic E-state index is 0.130. The molecule has 0 N–H and O–H groups in total. The van der Waals surface area contributed by atoms with Crippen LogP contribution in [0, 0.1) is 11.8 Å². The summed E-state index contributed by atoms with van der Waals surface area (Å²) in [6, 6.07) is 8.37. The molecule has 2 bridgehead atoms. The van der Waals surface area contributed by atoms with Gasteiger partial charge in [0.05, 0.1) is 6.61 Å². The van der Waals surface area contributed by atoms with E-state index in [1.165, 1.54) is 0 Å². The van der Waals surface area contributed by atoms with Crippen LogP contribution in [0.4, 0.5) is 0 Å². The van der Waals surface area contributed by atoms with Gasteiger partial charge < -0.3 is 19.1 Å². The lowest BCUT2D eigenvalue weighted by molar-refractivity contribution is -0.144. The number of hydrogen-bond donors (Lipinski definition) is 0. The Bertz CT molecular complexity index is 937. The summed E-state index contributed by atoms with van der Waals surface area (Å²) in [6.45, 7) is 3.77. The normalized spacial score (nSPS) is 26.7. The second-order valence-corrected chi connectivity index (χ2v) is 8.82. The van der Waals surface area contributed by atoms with Gasteiger partial charge in [0, 0.05) is 68.4 Å². The first-order valence-electron chi connectivity index (χ1n) is 10.8. The SMILES string of the molecule is COCCn1ccc2c(C(=O)N3C[C@H]4C[C@@H](C3)[C@H]3CCCC(=O)N3C4)cccc21. The van der Waals surface area contributed by atoms with E-state index in [2.05, 4.69) is 20.4 Å². The van der Waals surface area contributed by atoms with E-state index in [-0.39, 0.29) is 5.91 Å². The zero-order chi connectivity index (χ0) is 20.0. The highest BCUT2D eigenvalue weighted by Gasteiger charge is 2.44. The molecule has 6 nitrogen and oxygen atoms in total. The molecule has 2 amide bonds. The van der Waals surface area contributed by atoms with Crippen LogP contribution < -0.4 is 0 Å². The fraction of sp³-hybridized carbons (Fsp3) is 0.565. The zero-order valence-corrected chi connectivity index (χ0v) is 17.0. The van der Waals surface area contributed by atoms with Crippen molar-refractivity contribution in [1.29, 1.82) is 0 Å². The average molecular weight is 396 g/mol. The molecule has 2 aromatic rings. The van der Waals surface area contributed by atoms with Gasteiger partial charge in [0.25, 0.3) is 5.91 Å². The van der Waals surface area contributed by atoms with Gasteiger partial charge in [0.15, 0.2) is 0 Å². The summed E-state index contributed by atoms with van der Waals surface area (Å²) in [5.41, 5.74) is 1.87. The molecular formula is C23H29N3O3. The van der Waals surface area contributed by atoms with Crippen LogP contribution in [-0.2, 0) is 16.1 Å². The highest BCUT2D eigenvalue weighted by molar-refractivity contribution is 6.06. The molecule has 4 heterocycles. The van der Waals surface area contributed by atoms with E-state index in [0.29, 0.717) is 36.8 Å². The van der Waals surface area contributed by atoms with Gasteiger partial charge in [-0.2, -0.15) is 0 Å². The maximum absolute atomic E-state index is 13.5. The Kier molecular flexibility index (Phi) is 4.82. The molecule has 0 unspecified atom stereocenters. The fourth-order valence-corrected chi connectivity index (χ4v) is 5.74. The standard InChI is InChI=1S/C23H29N3O3/c1-29-11-10-24-9-8-18-19(4-2-6-21(18)24)23(28)25-13-16-12-17(15-25)20-5-3-7-22(27)26(20)14-16/h2,4,6,8-9,16-17,20H,3,5,7,10-15H2,1H3/t16-,17+,20-/m1/s1. The predicted octanol–water partition coefficient (Wildman–Crippen LogP) is 2.76. The van der Waals surface area contributed by atoms with Gasteiger partial charge in [-0.25, -0.2) is 0 Å². The van der Waals surface area contributed by atoms with Crippen LogP contribution >= 0.6 is 0 Å². The van der Waals surface area contributed by atoms with Crippen molar-refractivity contribution in [2.45, 2.75) is 38.3 Å². The summed E-state index contributed by atoms with van der Waals surface area (Å²) < 4.78 is 7.35. The van der Waals surface area contributed by atoms with Gasteiger partial charge in [0.1, 0.15) is 0 Å². The van der Waals surface area contributed by atoms with Gasteiger partial charge in [-0.1, -0.05) is 6.07 Å². The topological polar surface area (TPSA) is 54.8 Å². The van der Waals surface area contributed by atoms with Crippen molar-refractivity contribution in [2.75, 3.05) is 33.4 Å². The van der Waals surface area contributed by atoms with Gasteiger partial charge in [-0.3, -0.25) is 9.59 Å². The van der Waals surface area contributed by atoms with Crippen LogP contribution in [0.5, 0.6) is 0 Å². The third kappa shape index (κ3) is 3.23. The Morgan fingerprint density at radius 1 is 1.21 bits per heavy atom. The van der Waals surface area contributed by atoms with E-state index in [9.17, 15) is 9.59 Å². The number of hydrogen-bond acceptors (Lipinski definition) is 3. The van der Waals surface area contributed by atoms with Gasteiger partial charge in [-0.05, 0) is 49.3 Å². The van der Waals surface area contributed by atoms with Gasteiger partial charge >= 0.3 is 0 Å². The highest BCUT2D eigenvalue weighted by Crippen LogP contribution is 2.38. The van der Waals surface area contributed by atoms with Crippen molar-refractivity contribution in [2.24, 2.45) is 11.8 Å². The number of amides is 2. The van der Waals surface area contributed by atoms with E-state index >= 15 is 0 Å². The Morgan fingerprint density at radius 3 is 2.97 bits per heavy atom. The van der Waals surface area contributed by atoms with Crippen molar-refractivity contribution in [3.8, 4) is 0 Å². The molecule has 3 aliphatic rings. The molecule has 3 atom stereocenters. The van der Waals surface area contributed by atoms with Crippen molar-refractivity contribution in [3.63, 3.8) is 0 Å². The van der Waals surface area contributed by atoms with E-state index < -0.39 is 0 Å². The first-order chi connectivity index (χ1) is 14.2. The Labute approximate surface area is 171 Å². The number of piperidine rings is 3. The molecule has 5 rings (SSSR count). The first kappa shape index (κ1) is 18.7. The van der Waals surface area contributed by atoms with Crippen molar-refractivity contribution < 1.29 is 14.3 Å². The highest BCUT2D eigenvalue weighted by atomic mass is 16.5. The molecule has 154 valence electrons. The number of aromatic nitrogens is 1. The number of ether oxygens (including phenoxy) is 1. The van der Waals surface area contributed by atoms with Gasteiger partial charge in [-0.15, -0.1) is 0 Å². The minimum Gasteiger partial charge on any atom is -0.383 e. The van der Waals surface area contributed by atoms with Crippen molar-refractivity contribution >= 4 is 22.7 Å². The summed E-state index contributed by atoms with van der Waals surface area (Å²) >= 11 is 0. The van der Waals surface area contributed by atoms with E-state index in [1.807, 2.05) is 24.4 Å². The second-order valence-electron chi connectivity index (χ2n) is 8.82. The van der Waals surface area contributed by atoms with E-state index in [4.69, 9.17) is 4.74 Å². The molecule has 0 aliphatic carbocycles. The minimum absolute atomic E-state index is 0.130. The molecule has 6 heteroatoms. The Balaban J connectivity index is 1.39. The maximum atomic E-state index is 13.5. The molecule has 0 spiro atoms. The van der Waals surface area contributed by atoms with Crippen molar-refractivity contribution in [1.82, 2.24) is 14.4 Å². The Hall–Kier alpha value is -2.34. The van der Waals surface area contributed by atoms with E-state index in [0.717, 1.165) is 61.9 Å². The van der Waals surface area contributed by atoms with E-state index in [1.54, 1.807) is 7.11 Å². The van der Waals surface area contributed by atoms with Gasteiger partial charge in [0.2, 0.25) is 5.91 Å². The average Bonchev–Trinajstić information content (AvgIpc) is 3.15. The van der Waals surface area contributed by atoms with Crippen LogP contribution in [0.3, 0.4) is 0 Å². The number of nitrogens with zero attached hydrogens (tertiary/aromatic N) is 3. The quantitative estimate of drug-likeness (QED) is 0.800. The maximum Gasteiger partial charge on any atom is 0.254 e. The second kappa shape index (κ2) is 7.48. The number of benzene rings is 1. The molecule has 0 radical (unpaired) electrons. The summed E-state index contributed by atoms with van der Waals surface area (Å²) in [4.78, 5) is 30.0. The Morgan fingerprint density at radius 2 is 2.10 bits per heavy atom. The third-order valence-corrected chi connectivity index (χ3v) is 7.05. The summed E-state index contributed by atoms with van der Waals surface area (Å²) in [5.74, 6) is 1.27. The number of methoxy groups -OCH3 is 1. The number of fused-ring (bicyclic) bond motifs is 5. The number of carbonyl (C=O) groups is 2. The zero-order valence-electron chi connectivity index (χ0n) is 17.0. The fourth-order valence-electron chi connectivity index (χ4n) is 5.74. The molecule has 3 fully saturated rings. The summed E-state index contributed by atoms with van der Waals surface area (Å²) in [5, 5.41) is 1.01. The van der Waals surface area contributed by atoms with Crippen LogP contribution in [-0.4, -0.2) is 65.6 Å². The first-order valence-corrected chi connectivity index (χ1v) is 10.8. The summed E-state index contributed by atoms with van der Waals surface area (Å²) in [7, 11) is 1.70. The molecule has 0 saturated carbocycles. The molecule has 3 aliphatic heterocycles. The third-order valence-electron chi connectivity index (χ3n) is 7.05. The van der Waals surface area contributed by atoms with Crippen LogP contribution in [0.1, 0.15) is 36.0 Å². The number of carbonyl (C=O) groups excluding carboxylic acids is 2. The lowest BCUT2D eigenvalue weighted by Crippen LogP contribution is -2.61. The number of rotatable bonds is 4. The van der Waals surface area contributed by atoms with Crippen LogP contribution in [0.2, 0.25) is 0 Å². The molecule has 1 aromatic carbocycles. The largest absolute Gasteiger partial charge is 0.383 e. The lowest BCUT2D eigenvalue weighted by Gasteiger charge is -2.52.